The lowest BCUT2D eigenvalue weighted by atomic mass is 9.98. The number of carbonyl (C=O) groups excluding carboxylic acids is 1. The van der Waals surface area contributed by atoms with Crippen molar-refractivity contribution in [1.82, 2.24) is 15.0 Å². The predicted molar refractivity (Wildman–Crippen MR) is 133 cm³/mol. The molecular weight excluding hydrogens is 465 g/mol. The van der Waals surface area contributed by atoms with Crippen molar-refractivity contribution in [3.05, 3.63) is 113 Å². The van der Waals surface area contributed by atoms with E-state index in [4.69, 9.17) is 0 Å². The zero-order valence-electron chi connectivity index (χ0n) is 19.2. The van der Waals surface area contributed by atoms with E-state index in [1.165, 1.54) is 12.1 Å². The van der Waals surface area contributed by atoms with Gasteiger partial charge in [0.25, 0.3) is 5.91 Å². The number of aromatic nitrogens is 3. The summed E-state index contributed by atoms with van der Waals surface area (Å²) in [5.41, 5.74) is 5.13. The van der Waals surface area contributed by atoms with Crippen molar-refractivity contribution in [2.45, 2.75) is 19.5 Å². The molecule has 2 aromatic heterocycles. The number of imidazole rings is 1. The van der Waals surface area contributed by atoms with Gasteiger partial charge in [-0.1, -0.05) is 36.4 Å². The molecule has 36 heavy (non-hydrogen) atoms. The van der Waals surface area contributed by atoms with Crippen molar-refractivity contribution in [2.24, 2.45) is 0 Å². The summed E-state index contributed by atoms with van der Waals surface area (Å²) in [5.74, 6) is 0.505. The van der Waals surface area contributed by atoms with Gasteiger partial charge in [-0.15, -0.1) is 0 Å². The highest BCUT2D eigenvalue weighted by molar-refractivity contribution is 6.05. The van der Waals surface area contributed by atoms with E-state index in [0.717, 1.165) is 40.1 Å². The minimum Gasteiger partial charge on any atom is -0.342 e. The molecule has 0 aliphatic heterocycles. The predicted octanol–water partition coefficient (Wildman–Crippen LogP) is 6.80. The van der Waals surface area contributed by atoms with Crippen LogP contribution in [0.2, 0.25) is 0 Å². The summed E-state index contributed by atoms with van der Waals surface area (Å²) >= 11 is 0. The van der Waals surface area contributed by atoms with Gasteiger partial charge in [0.1, 0.15) is 5.82 Å². The number of anilines is 1. The number of H-pyrrole nitrogens is 1. The first kappa shape index (κ1) is 23.3. The first-order valence-corrected chi connectivity index (χ1v) is 11.2. The lowest BCUT2D eigenvalue weighted by Crippen LogP contribution is -2.14. The van der Waals surface area contributed by atoms with Crippen LogP contribution in [0, 0.1) is 6.92 Å². The third kappa shape index (κ3) is 4.98. The summed E-state index contributed by atoms with van der Waals surface area (Å²) in [6.45, 7) is 1.79. The Kier molecular flexibility index (Phi) is 6.01. The quantitative estimate of drug-likeness (QED) is 0.287. The molecule has 2 N–H and O–H groups in total. The van der Waals surface area contributed by atoms with Gasteiger partial charge in [0.15, 0.2) is 0 Å². The van der Waals surface area contributed by atoms with Gasteiger partial charge in [-0.25, -0.2) is 4.98 Å². The van der Waals surface area contributed by atoms with Crippen LogP contribution in [-0.4, -0.2) is 20.9 Å². The van der Waals surface area contributed by atoms with Gasteiger partial charge < -0.3 is 10.3 Å². The molecule has 0 unspecified atom stereocenters. The van der Waals surface area contributed by atoms with E-state index >= 15 is 0 Å². The molecule has 8 heteroatoms. The van der Waals surface area contributed by atoms with Crippen molar-refractivity contribution in [3.8, 4) is 11.1 Å². The average Bonchev–Trinajstić information content (AvgIpc) is 3.26. The van der Waals surface area contributed by atoms with E-state index in [1.54, 1.807) is 37.5 Å². The Labute approximate surface area is 205 Å². The SMILES string of the molecule is Cc1cc(-c2ccc(C(F)(F)F)cc2)ccc1C(=O)Nc1cncc(Cc2nc3ccccc3[nH]2)c1. The Morgan fingerprint density at radius 2 is 1.69 bits per heavy atom. The number of aromatic amines is 1. The first-order valence-electron chi connectivity index (χ1n) is 11.2. The number of halogens is 3. The van der Waals surface area contributed by atoms with Crippen LogP contribution >= 0.6 is 0 Å². The van der Waals surface area contributed by atoms with E-state index in [2.05, 4.69) is 20.3 Å². The van der Waals surface area contributed by atoms with Gasteiger partial charge in [-0.05, 0) is 65.6 Å². The topological polar surface area (TPSA) is 70.7 Å². The summed E-state index contributed by atoms with van der Waals surface area (Å²) in [6, 6.07) is 19.8. The number of hydrogen-bond acceptors (Lipinski definition) is 3. The number of carbonyl (C=O) groups is 1. The van der Waals surface area contributed by atoms with E-state index in [1.807, 2.05) is 30.3 Å². The van der Waals surface area contributed by atoms with Crippen LogP contribution in [0.15, 0.2) is 85.2 Å². The van der Waals surface area contributed by atoms with Crippen LogP contribution in [0.5, 0.6) is 0 Å². The molecule has 0 spiro atoms. The molecule has 3 aromatic carbocycles. The number of hydrogen-bond donors (Lipinski definition) is 2. The Balaban J connectivity index is 1.30. The molecule has 2 heterocycles. The van der Waals surface area contributed by atoms with E-state index in [-0.39, 0.29) is 5.91 Å². The fourth-order valence-corrected chi connectivity index (χ4v) is 4.08. The Morgan fingerprint density at radius 3 is 2.42 bits per heavy atom. The van der Waals surface area contributed by atoms with Crippen LogP contribution < -0.4 is 5.32 Å². The minimum absolute atomic E-state index is 0.297. The summed E-state index contributed by atoms with van der Waals surface area (Å²) in [4.78, 5) is 25.1. The monoisotopic (exact) mass is 486 g/mol. The molecule has 0 saturated carbocycles. The van der Waals surface area contributed by atoms with Gasteiger partial charge in [-0.2, -0.15) is 13.2 Å². The summed E-state index contributed by atoms with van der Waals surface area (Å²) in [6.07, 6.45) is -0.542. The van der Waals surface area contributed by atoms with Crippen LogP contribution in [0.1, 0.15) is 32.9 Å². The van der Waals surface area contributed by atoms with Crippen molar-refractivity contribution >= 4 is 22.6 Å². The molecule has 180 valence electrons. The Hall–Kier alpha value is -4.46. The van der Waals surface area contributed by atoms with Crippen molar-refractivity contribution in [1.29, 1.82) is 0 Å². The molecule has 0 saturated heterocycles. The molecule has 0 aliphatic carbocycles. The minimum atomic E-state index is -4.38. The summed E-state index contributed by atoms with van der Waals surface area (Å²) in [5, 5.41) is 2.88. The molecule has 0 bridgehead atoms. The van der Waals surface area contributed by atoms with E-state index in [9.17, 15) is 18.0 Å². The van der Waals surface area contributed by atoms with Crippen LogP contribution in [0.3, 0.4) is 0 Å². The first-order chi connectivity index (χ1) is 17.3. The largest absolute Gasteiger partial charge is 0.416 e. The maximum absolute atomic E-state index is 12.9. The van der Waals surface area contributed by atoms with Gasteiger partial charge in [0.05, 0.1) is 28.5 Å². The normalized spacial score (nSPS) is 11.6. The third-order valence-corrected chi connectivity index (χ3v) is 5.88. The Bertz CT molecular complexity index is 1520. The second kappa shape index (κ2) is 9.30. The summed E-state index contributed by atoms with van der Waals surface area (Å²) in [7, 11) is 0. The number of nitrogens with one attached hydrogen (secondary N) is 2. The van der Waals surface area contributed by atoms with Gasteiger partial charge >= 0.3 is 6.18 Å². The molecule has 0 atom stereocenters. The number of rotatable bonds is 5. The molecule has 0 radical (unpaired) electrons. The number of para-hydroxylation sites is 2. The fourth-order valence-electron chi connectivity index (χ4n) is 4.08. The van der Waals surface area contributed by atoms with E-state index < -0.39 is 11.7 Å². The number of fused-ring (bicyclic) bond motifs is 1. The Morgan fingerprint density at radius 1 is 0.944 bits per heavy atom. The molecule has 1 amide bonds. The van der Waals surface area contributed by atoms with Crippen LogP contribution in [0.25, 0.3) is 22.2 Å². The van der Waals surface area contributed by atoms with Crippen LogP contribution in [-0.2, 0) is 12.6 Å². The van der Waals surface area contributed by atoms with Crippen molar-refractivity contribution < 1.29 is 18.0 Å². The van der Waals surface area contributed by atoms with Gasteiger partial charge in [-0.3, -0.25) is 9.78 Å². The van der Waals surface area contributed by atoms with Gasteiger partial charge in [0.2, 0.25) is 0 Å². The maximum Gasteiger partial charge on any atom is 0.416 e. The number of aryl methyl sites for hydroxylation is 1. The lowest BCUT2D eigenvalue weighted by molar-refractivity contribution is -0.137. The second-order valence-corrected chi connectivity index (χ2v) is 8.52. The van der Waals surface area contributed by atoms with Crippen LogP contribution in [0.4, 0.5) is 18.9 Å². The number of nitrogens with zero attached hydrogens (tertiary/aromatic N) is 2. The third-order valence-electron chi connectivity index (χ3n) is 5.88. The molecular formula is C28H21F3N4O. The zero-order valence-corrected chi connectivity index (χ0v) is 19.2. The smallest absolute Gasteiger partial charge is 0.342 e. The van der Waals surface area contributed by atoms with Gasteiger partial charge in [0, 0.05) is 18.2 Å². The maximum atomic E-state index is 12.9. The average molecular weight is 486 g/mol. The highest BCUT2D eigenvalue weighted by Gasteiger charge is 2.30. The van der Waals surface area contributed by atoms with E-state index in [0.29, 0.717) is 28.8 Å². The molecule has 5 nitrogen and oxygen atoms in total. The standard InChI is InChI=1S/C28H21F3N4O/c1-17-12-20(19-6-9-21(10-7-19)28(29,30)31)8-11-23(17)27(36)33-22-13-18(15-32-16-22)14-26-34-24-4-2-3-5-25(24)35-26/h2-13,15-16H,14H2,1H3,(H,33,36)(H,34,35). The highest BCUT2D eigenvalue weighted by Crippen LogP contribution is 2.31. The second-order valence-electron chi connectivity index (χ2n) is 8.52. The molecule has 5 aromatic rings. The fraction of sp³-hybridized carbons (Fsp3) is 0.107. The van der Waals surface area contributed by atoms with Crippen molar-refractivity contribution in [3.63, 3.8) is 0 Å². The number of alkyl halides is 3. The number of benzene rings is 3. The zero-order chi connectivity index (χ0) is 25.3. The van der Waals surface area contributed by atoms with Crippen molar-refractivity contribution in [2.75, 3.05) is 5.32 Å². The number of amides is 1. The molecule has 0 aliphatic rings. The molecule has 0 fully saturated rings. The lowest BCUT2D eigenvalue weighted by Gasteiger charge is -2.11. The molecule has 5 rings (SSSR count). The highest BCUT2D eigenvalue weighted by atomic mass is 19.4. The summed E-state index contributed by atoms with van der Waals surface area (Å²) < 4.78 is 38.5. The number of pyridine rings is 1.